The number of carbonyl (C=O) groups is 1. The van der Waals surface area contributed by atoms with Crippen LogP contribution < -0.4 is 18.0 Å². The predicted molar refractivity (Wildman–Crippen MR) is 52.0 cm³/mol. The fraction of sp³-hybridized carbons (Fsp3) is 0.800. The van der Waals surface area contributed by atoms with Crippen molar-refractivity contribution in [2.45, 2.75) is 12.5 Å². The minimum absolute atomic E-state index is 0. The second-order valence-electron chi connectivity index (χ2n) is 2.28. The van der Waals surface area contributed by atoms with Gasteiger partial charge in [0, 0.05) is 7.11 Å². The molecular formula is C5H18N3O5P. The third-order valence-corrected chi connectivity index (χ3v) is 2.72. The molecule has 0 fully saturated rings. The zero-order chi connectivity index (χ0) is 9.78. The summed E-state index contributed by atoms with van der Waals surface area (Å²) in [7, 11) is -2.52. The molecule has 9 heteroatoms. The van der Waals surface area contributed by atoms with Crippen LogP contribution in [0.5, 0.6) is 0 Å². The van der Waals surface area contributed by atoms with Crippen molar-refractivity contribution >= 4 is 13.6 Å². The van der Waals surface area contributed by atoms with Crippen LogP contribution in [0, 0.1) is 0 Å². The van der Waals surface area contributed by atoms with E-state index in [4.69, 9.17) is 15.7 Å². The van der Waals surface area contributed by atoms with Gasteiger partial charge in [-0.05, 0) is 6.42 Å². The number of carboxylic acid groups (broad SMARTS) is 1. The summed E-state index contributed by atoms with van der Waals surface area (Å²) in [5.74, 6) is -1.19. The number of nitrogens with two attached hydrogens (primary N) is 1. The average molecular weight is 231 g/mol. The van der Waals surface area contributed by atoms with Gasteiger partial charge in [0.1, 0.15) is 6.04 Å². The highest BCUT2D eigenvalue weighted by atomic mass is 31.2. The van der Waals surface area contributed by atoms with Crippen molar-refractivity contribution < 1.29 is 23.9 Å². The molecule has 10 N–H and O–H groups in total. The standard InChI is InChI=1S/C5H12NO5P.2H3N/c1-11-12(9,10)3-2-4(6)5(7)8;;/h4H,2-3,6H2,1H3,(H,7,8)(H,9,10);2*1H3. The van der Waals surface area contributed by atoms with E-state index in [0.717, 1.165) is 7.11 Å². The Hall–Kier alpha value is -0.500. The zero-order valence-corrected chi connectivity index (χ0v) is 8.94. The van der Waals surface area contributed by atoms with Gasteiger partial charge in [-0.1, -0.05) is 0 Å². The topological polar surface area (TPSA) is 180 Å². The Morgan fingerprint density at radius 2 is 2.00 bits per heavy atom. The largest absolute Gasteiger partial charge is 0.480 e. The molecule has 0 aromatic rings. The Balaban J connectivity index is -0.000000605. The maximum atomic E-state index is 10.8. The van der Waals surface area contributed by atoms with E-state index in [-0.39, 0.29) is 24.9 Å². The Morgan fingerprint density at radius 3 is 2.29 bits per heavy atom. The highest BCUT2D eigenvalue weighted by molar-refractivity contribution is 7.52. The second-order valence-corrected chi connectivity index (χ2v) is 4.36. The molecule has 0 aromatic heterocycles. The maximum absolute atomic E-state index is 10.8. The van der Waals surface area contributed by atoms with Crippen molar-refractivity contribution in [3.63, 3.8) is 0 Å². The lowest BCUT2D eigenvalue weighted by Crippen LogP contribution is -2.30. The summed E-state index contributed by atoms with van der Waals surface area (Å²) in [5.41, 5.74) is 5.09. The first kappa shape index (κ1) is 19.1. The van der Waals surface area contributed by atoms with Gasteiger partial charge < -0.3 is 32.6 Å². The van der Waals surface area contributed by atoms with Gasteiger partial charge in [0.2, 0.25) is 0 Å². The summed E-state index contributed by atoms with van der Waals surface area (Å²) in [6.07, 6.45) is -0.312. The third-order valence-electron chi connectivity index (χ3n) is 1.33. The van der Waals surface area contributed by atoms with E-state index in [9.17, 15) is 9.36 Å². The van der Waals surface area contributed by atoms with Gasteiger partial charge in [0.25, 0.3) is 0 Å². The number of carboxylic acids is 1. The van der Waals surface area contributed by atoms with Crippen LogP contribution in [0.25, 0.3) is 0 Å². The first-order valence-corrected chi connectivity index (χ1v) is 5.01. The molecule has 0 spiro atoms. The van der Waals surface area contributed by atoms with E-state index in [0.29, 0.717) is 0 Å². The van der Waals surface area contributed by atoms with Gasteiger partial charge in [-0.2, -0.15) is 0 Å². The van der Waals surface area contributed by atoms with Gasteiger partial charge >= 0.3 is 13.6 Å². The molecule has 0 saturated carbocycles. The second kappa shape index (κ2) is 7.86. The lowest BCUT2D eigenvalue weighted by atomic mass is 10.2. The molecule has 2 unspecified atom stereocenters. The lowest BCUT2D eigenvalue weighted by Gasteiger charge is -2.10. The predicted octanol–water partition coefficient (Wildman–Crippen LogP) is -0.0558. The molecule has 0 aromatic carbocycles. The van der Waals surface area contributed by atoms with Crippen LogP contribution in [0.3, 0.4) is 0 Å². The van der Waals surface area contributed by atoms with E-state index in [1.54, 1.807) is 0 Å². The van der Waals surface area contributed by atoms with Crippen molar-refractivity contribution in [1.29, 1.82) is 0 Å². The molecule has 0 aliphatic carbocycles. The zero-order valence-electron chi connectivity index (χ0n) is 8.05. The molecule has 14 heavy (non-hydrogen) atoms. The fourth-order valence-corrected chi connectivity index (χ4v) is 1.30. The highest BCUT2D eigenvalue weighted by Gasteiger charge is 2.21. The molecule has 0 aliphatic rings. The van der Waals surface area contributed by atoms with Crippen molar-refractivity contribution in [1.82, 2.24) is 12.3 Å². The number of rotatable bonds is 5. The molecule has 0 saturated heterocycles. The first-order chi connectivity index (χ1) is 5.39. The van der Waals surface area contributed by atoms with Crippen LogP contribution in [0.4, 0.5) is 0 Å². The summed E-state index contributed by atoms with van der Waals surface area (Å²) in [6.45, 7) is 0. The Morgan fingerprint density at radius 1 is 1.57 bits per heavy atom. The number of hydrogen-bond donors (Lipinski definition) is 5. The molecular weight excluding hydrogens is 213 g/mol. The Labute approximate surface area is 82.1 Å². The lowest BCUT2D eigenvalue weighted by molar-refractivity contribution is -0.138. The highest BCUT2D eigenvalue weighted by Crippen LogP contribution is 2.41. The fourth-order valence-electron chi connectivity index (χ4n) is 0.517. The van der Waals surface area contributed by atoms with Crippen molar-refractivity contribution in [2.24, 2.45) is 5.73 Å². The summed E-state index contributed by atoms with van der Waals surface area (Å²) >= 11 is 0. The molecule has 0 heterocycles. The van der Waals surface area contributed by atoms with Crippen LogP contribution in [0.1, 0.15) is 6.42 Å². The van der Waals surface area contributed by atoms with Crippen LogP contribution in [0.2, 0.25) is 0 Å². The van der Waals surface area contributed by atoms with Crippen LogP contribution in [-0.4, -0.2) is 35.3 Å². The third kappa shape index (κ3) is 8.11. The summed E-state index contributed by atoms with van der Waals surface area (Å²) in [4.78, 5) is 19.0. The molecule has 0 bridgehead atoms. The summed E-state index contributed by atoms with van der Waals surface area (Å²) in [5, 5.41) is 8.31. The van der Waals surface area contributed by atoms with Crippen molar-refractivity contribution in [3.8, 4) is 0 Å². The van der Waals surface area contributed by atoms with Gasteiger partial charge in [0.05, 0.1) is 6.16 Å². The SMILES string of the molecule is COP(=O)(O)CCC(N)C(=O)O.N.N. The Kier molecular flexibility index (Phi) is 10.7. The van der Waals surface area contributed by atoms with Crippen LogP contribution in [0.15, 0.2) is 0 Å². The van der Waals surface area contributed by atoms with Crippen molar-refractivity contribution in [3.05, 3.63) is 0 Å². The van der Waals surface area contributed by atoms with Crippen LogP contribution in [-0.2, 0) is 13.9 Å². The van der Waals surface area contributed by atoms with Gasteiger partial charge in [0.15, 0.2) is 0 Å². The minimum atomic E-state index is -3.61. The van der Waals surface area contributed by atoms with Crippen molar-refractivity contribution in [2.75, 3.05) is 13.3 Å². The number of hydrogen-bond acceptors (Lipinski definition) is 6. The van der Waals surface area contributed by atoms with E-state index < -0.39 is 19.6 Å². The van der Waals surface area contributed by atoms with E-state index >= 15 is 0 Å². The molecule has 0 radical (unpaired) electrons. The first-order valence-electron chi connectivity index (χ1n) is 3.25. The molecule has 0 rings (SSSR count). The smallest absolute Gasteiger partial charge is 0.327 e. The van der Waals surface area contributed by atoms with Gasteiger partial charge in [-0.3, -0.25) is 9.36 Å². The Bertz CT molecular complexity index is 212. The van der Waals surface area contributed by atoms with Crippen LogP contribution >= 0.6 is 7.60 Å². The molecule has 2 atom stereocenters. The molecule has 0 aliphatic heterocycles. The van der Waals surface area contributed by atoms with E-state index in [1.165, 1.54) is 0 Å². The summed E-state index contributed by atoms with van der Waals surface area (Å²) in [6, 6.07) is -1.11. The minimum Gasteiger partial charge on any atom is -0.480 e. The number of aliphatic carboxylic acids is 1. The molecule has 8 nitrogen and oxygen atoms in total. The molecule has 88 valence electrons. The average Bonchev–Trinajstić information content (AvgIpc) is 2.00. The van der Waals surface area contributed by atoms with E-state index in [2.05, 4.69) is 4.52 Å². The van der Waals surface area contributed by atoms with Gasteiger partial charge in [-0.25, -0.2) is 0 Å². The monoisotopic (exact) mass is 231 g/mol. The summed E-state index contributed by atoms with van der Waals surface area (Å²) < 4.78 is 15.0. The quantitative estimate of drug-likeness (QED) is 0.408. The molecule has 0 amide bonds. The van der Waals surface area contributed by atoms with E-state index in [1.807, 2.05) is 0 Å². The maximum Gasteiger partial charge on any atom is 0.327 e. The normalized spacial score (nSPS) is 15.6. The van der Waals surface area contributed by atoms with Gasteiger partial charge in [-0.15, -0.1) is 0 Å².